The summed E-state index contributed by atoms with van der Waals surface area (Å²) in [6, 6.07) is 9.14. The highest BCUT2D eigenvalue weighted by Crippen LogP contribution is 2.43. The van der Waals surface area contributed by atoms with Gasteiger partial charge < -0.3 is 14.0 Å². The van der Waals surface area contributed by atoms with E-state index in [1.807, 2.05) is 35.9 Å². The standard InChI is InChI=1S/C23H20FN5O4S/c1-15-12-27(13-25-15)20-9-4-16(21-22(20)33-14-32-21)11-17-3-2-10-28-23(17)26-34(30,31)29(28)19-7-5-18(24)6-8-19/h4-9,11-13H,2-3,10,14H2,1H3/b17-11+. The Labute approximate surface area is 195 Å². The van der Waals surface area contributed by atoms with Crippen LogP contribution in [0.1, 0.15) is 24.1 Å². The molecule has 4 heterocycles. The quantitative estimate of drug-likeness (QED) is 0.568. The molecule has 0 amide bonds. The van der Waals surface area contributed by atoms with Crippen LogP contribution in [-0.2, 0) is 10.2 Å². The van der Waals surface area contributed by atoms with E-state index < -0.39 is 16.0 Å². The van der Waals surface area contributed by atoms with Gasteiger partial charge in [0, 0.05) is 18.3 Å². The summed E-state index contributed by atoms with van der Waals surface area (Å²) in [7, 11) is -3.99. The summed E-state index contributed by atoms with van der Waals surface area (Å²) in [5, 5.41) is 1.62. The van der Waals surface area contributed by atoms with Crippen LogP contribution < -0.4 is 13.9 Å². The lowest BCUT2D eigenvalue weighted by molar-refractivity contribution is 0.173. The topological polar surface area (TPSA) is 89.3 Å². The van der Waals surface area contributed by atoms with Gasteiger partial charge in [0.2, 0.25) is 6.79 Å². The molecule has 0 N–H and O–H groups in total. The number of piperidine rings is 1. The zero-order chi connectivity index (χ0) is 23.4. The maximum atomic E-state index is 13.4. The smallest absolute Gasteiger partial charge is 0.364 e. The minimum Gasteiger partial charge on any atom is -0.453 e. The number of fused-ring (bicyclic) bond motifs is 2. The van der Waals surface area contributed by atoms with Crippen LogP contribution >= 0.6 is 0 Å². The molecule has 3 aliphatic heterocycles. The number of aromatic nitrogens is 2. The zero-order valence-electron chi connectivity index (χ0n) is 18.2. The second kappa shape index (κ2) is 7.59. The van der Waals surface area contributed by atoms with Crippen molar-refractivity contribution in [3.05, 3.63) is 71.6 Å². The first-order valence-corrected chi connectivity index (χ1v) is 12.1. The Morgan fingerprint density at radius 3 is 2.65 bits per heavy atom. The number of hydrazine groups is 1. The molecule has 3 aliphatic rings. The second-order valence-electron chi connectivity index (χ2n) is 8.17. The molecule has 1 fully saturated rings. The molecule has 0 unspecified atom stereocenters. The summed E-state index contributed by atoms with van der Waals surface area (Å²) in [5.41, 5.74) is 3.56. The third-order valence-electron chi connectivity index (χ3n) is 5.88. The van der Waals surface area contributed by atoms with Crippen molar-refractivity contribution < 1.29 is 22.3 Å². The molecule has 11 heteroatoms. The third-order valence-corrected chi connectivity index (χ3v) is 7.13. The number of benzene rings is 2. The molecule has 6 rings (SSSR count). The lowest BCUT2D eigenvalue weighted by atomic mass is 10.0. The largest absolute Gasteiger partial charge is 0.453 e. The average molecular weight is 482 g/mol. The van der Waals surface area contributed by atoms with Crippen molar-refractivity contribution in [2.24, 2.45) is 4.40 Å². The zero-order valence-corrected chi connectivity index (χ0v) is 19.0. The van der Waals surface area contributed by atoms with Gasteiger partial charge in [0.1, 0.15) is 5.82 Å². The van der Waals surface area contributed by atoms with Crippen molar-refractivity contribution in [2.75, 3.05) is 17.8 Å². The number of aryl methyl sites for hydroxylation is 1. The number of hydrogen-bond donors (Lipinski definition) is 0. The van der Waals surface area contributed by atoms with E-state index >= 15 is 0 Å². The van der Waals surface area contributed by atoms with E-state index in [0.29, 0.717) is 36.0 Å². The van der Waals surface area contributed by atoms with Crippen molar-refractivity contribution in [1.82, 2.24) is 14.6 Å². The van der Waals surface area contributed by atoms with Crippen molar-refractivity contribution >= 4 is 27.8 Å². The summed E-state index contributed by atoms with van der Waals surface area (Å²) in [4.78, 5) is 4.27. The van der Waals surface area contributed by atoms with Gasteiger partial charge in [-0.15, -0.1) is 4.40 Å². The van der Waals surface area contributed by atoms with Crippen LogP contribution in [0.3, 0.4) is 0 Å². The fourth-order valence-electron chi connectivity index (χ4n) is 4.40. The van der Waals surface area contributed by atoms with Gasteiger partial charge in [-0.05, 0) is 67.8 Å². The van der Waals surface area contributed by atoms with E-state index in [1.54, 1.807) is 11.3 Å². The fraction of sp³-hybridized carbons (Fsp3) is 0.217. The summed E-state index contributed by atoms with van der Waals surface area (Å²) in [6.07, 6.45) is 6.89. The number of imidazole rings is 1. The van der Waals surface area contributed by atoms with Crippen LogP contribution in [0.15, 0.2) is 58.9 Å². The lowest BCUT2D eigenvalue weighted by Gasteiger charge is -2.33. The molecule has 3 aromatic rings. The van der Waals surface area contributed by atoms with Crippen LogP contribution in [0.4, 0.5) is 10.1 Å². The summed E-state index contributed by atoms with van der Waals surface area (Å²) < 4.78 is 57.8. The third kappa shape index (κ3) is 3.31. The Balaban J connectivity index is 1.39. The highest BCUT2D eigenvalue weighted by molar-refractivity contribution is 7.92. The predicted octanol–water partition coefficient (Wildman–Crippen LogP) is 3.61. The Kier molecular flexibility index (Phi) is 4.63. The van der Waals surface area contributed by atoms with Crippen LogP contribution in [0.25, 0.3) is 11.8 Å². The molecule has 1 aromatic heterocycles. The molecule has 0 aliphatic carbocycles. The molecule has 0 spiro atoms. The number of nitrogens with zero attached hydrogens (tertiary/aromatic N) is 5. The van der Waals surface area contributed by atoms with Crippen LogP contribution in [0.5, 0.6) is 11.5 Å². The molecule has 0 atom stereocenters. The van der Waals surface area contributed by atoms with E-state index in [-0.39, 0.29) is 6.79 Å². The minimum absolute atomic E-state index is 0.0932. The maximum Gasteiger partial charge on any atom is 0.364 e. The van der Waals surface area contributed by atoms with E-state index in [0.717, 1.165) is 33.4 Å². The molecule has 2 aromatic carbocycles. The van der Waals surface area contributed by atoms with Gasteiger partial charge in [-0.25, -0.2) is 9.37 Å². The number of rotatable bonds is 3. The van der Waals surface area contributed by atoms with Crippen molar-refractivity contribution in [2.45, 2.75) is 19.8 Å². The molecule has 1 saturated heterocycles. The summed E-state index contributed by atoms with van der Waals surface area (Å²) >= 11 is 0. The summed E-state index contributed by atoms with van der Waals surface area (Å²) in [6.45, 7) is 2.48. The van der Waals surface area contributed by atoms with Crippen molar-refractivity contribution in [3.8, 4) is 17.2 Å². The predicted molar refractivity (Wildman–Crippen MR) is 124 cm³/mol. The van der Waals surface area contributed by atoms with Gasteiger partial charge in [-0.3, -0.25) is 5.01 Å². The lowest BCUT2D eigenvalue weighted by Crippen LogP contribution is -2.46. The van der Waals surface area contributed by atoms with Gasteiger partial charge in [0.25, 0.3) is 0 Å². The maximum absolute atomic E-state index is 13.4. The van der Waals surface area contributed by atoms with Gasteiger partial charge in [0.15, 0.2) is 17.3 Å². The Morgan fingerprint density at radius 1 is 1.09 bits per heavy atom. The summed E-state index contributed by atoms with van der Waals surface area (Å²) in [5.74, 6) is 1.11. The Bertz CT molecular complexity index is 1460. The number of hydrogen-bond acceptors (Lipinski definition) is 6. The van der Waals surface area contributed by atoms with Crippen LogP contribution in [0.2, 0.25) is 0 Å². The van der Waals surface area contributed by atoms with E-state index in [2.05, 4.69) is 9.38 Å². The first-order chi connectivity index (χ1) is 16.4. The molecule has 0 saturated carbocycles. The molecule has 34 heavy (non-hydrogen) atoms. The second-order valence-corrected chi connectivity index (χ2v) is 9.59. The SMILES string of the molecule is Cc1cn(-c2ccc(/C=C3\CCCN4C3=NS(=O)(=O)N4c3ccc(F)cc3)c3c2OCO3)cn1. The van der Waals surface area contributed by atoms with Gasteiger partial charge in [-0.2, -0.15) is 12.8 Å². The van der Waals surface area contributed by atoms with E-state index in [1.165, 1.54) is 24.3 Å². The van der Waals surface area contributed by atoms with E-state index in [9.17, 15) is 12.8 Å². The van der Waals surface area contributed by atoms with Crippen LogP contribution in [-0.4, -0.2) is 42.2 Å². The molecular formula is C23H20FN5O4S. The first-order valence-electron chi connectivity index (χ1n) is 10.7. The van der Waals surface area contributed by atoms with Gasteiger partial charge in [0.05, 0.1) is 23.4 Å². The molecule has 174 valence electrons. The van der Waals surface area contributed by atoms with Crippen molar-refractivity contribution in [1.29, 1.82) is 0 Å². The minimum atomic E-state index is -3.99. The number of halogens is 1. The normalized spacial score (nSPS) is 19.5. The monoisotopic (exact) mass is 481 g/mol. The van der Waals surface area contributed by atoms with Gasteiger partial charge in [-0.1, -0.05) is 0 Å². The Hall–Kier alpha value is -3.86. The van der Waals surface area contributed by atoms with E-state index in [4.69, 9.17) is 9.47 Å². The van der Waals surface area contributed by atoms with Crippen molar-refractivity contribution in [3.63, 3.8) is 0 Å². The Morgan fingerprint density at radius 2 is 1.88 bits per heavy atom. The molecule has 0 bridgehead atoms. The van der Waals surface area contributed by atoms with Crippen LogP contribution in [0, 0.1) is 12.7 Å². The van der Waals surface area contributed by atoms with Gasteiger partial charge >= 0.3 is 10.2 Å². The number of anilines is 1. The fourth-order valence-corrected chi connectivity index (χ4v) is 5.70. The number of amidine groups is 1. The highest BCUT2D eigenvalue weighted by Gasteiger charge is 2.41. The molecular weight excluding hydrogens is 461 g/mol. The average Bonchev–Trinajstić information content (AvgIpc) is 3.52. The number of ether oxygens (including phenoxy) is 2. The molecule has 9 nitrogen and oxygen atoms in total. The highest BCUT2D eigenvalue weighted by atomic mass is 32.2. The first kappa shape index (κ1) is 20.7. The molecule has 0 radical (unpaired) electrons.